The minimum atomic E-state index is -4.70. The monoisotopic (exact) mass is 464 g/mol. The van der Waals surface area contributed by atoms with Gasteiger partial charge in [-0.15, -0.1) is 11.3 Å². The molecule has 0 aliphatic rings. The van der Waals surface area contributed by atoms with Crippen molar-refractivity contribution in [3.8, 4) is 0 Å². The Labute approximate surface area is 173 Å². The largest absolute Gasteiger partial charge is 0.416 e. The zero-order chi connectivity index (χ0) is 21.1. The van der Waals surface area contributed by atoms with E-state index in [2.05, 4.69) is 9.71 Å². The van der Waals surface area contributed by atoms with Crippen molar-refractivity contribution in [3.05, 3.63) is 59.4 Å². The van der Waals surface area contributed by atoms with Crippen LogP contribution in [0.1, 0.15) is 17.5 Å². The fraction of sp³-hybridized carbons (Fsp3) is 0.278. The third-order valence-corrected chi connectivity index (χ3v) is 7.51. The van der Waals surface area contributed by atoms with Gasteiger partial charge in [-0.05, 0) is 42.3 Å². The van der Waals surface area contributed by atoms with Crippen molar-refractivity contribution in [2.24, 2.45) is 0 Å². The SMILES string of the molecule is O=S(=O)(CCCSc1nc2ccccc2s1)NCc1cc(F)cc(C(F)(F)F)c1. The molecule has 0 aliphatic heterocycles. The van der Waals surface area contributed by atoms with E-state index in [0.29, 0.717) is 18.2 Å². The summed E-state index contributed by atoms with van der Waals surface area (Å²) in [5, 5.41) is 0. The van der Waals surface area contributed by atoms with Crippen LogP contribution in [0.15, 0.2) is 46.8 Å². The van der Waals surface area contributed by atoms with Gasteiger partial charge in [0.2, 0.25) is 10.0 Å². The second-order valence-corrected chi connectivity index (χ2v) is 10.4. The minimum Gasteiger partial charge on any atom is -0.230 e. The number of nitrogens with zero attached hydrogens (tertiary/aromatic N) is 1. The molecule has 11 heteroatoms. The van der Waals surface area contributed by atoms with E-state index in [9.17, 15) is 26.0 Å². The number of para-hydroxylation sites is 1. The third-order valence-electron chi connectivity index (χ3n) is 3.84. The van der Waals surface area contributed by atoms with Gasteiger partial charge in [-0.3, -0.25) is 0 Å². The molecule has 4 nitrogen and oxygen atoms in total. The number of hydrogen-bond donors (Lipinski definition) is 1. The van der Waals surface area contributed by atoms with Gasteiger partial charge < -0.3 is 0 Å². The molecule has 3 rings (SSSR count). The van der Waals surface area contributed by atoms with Gasteiger partial charge in [0.05, 0.1) is 21.5 Å². The zero-order valence-electron chi connectivity index (χ0n) is 14.9. The molecule has 0 spiro atoms. The highest BCUT2D eigenvalue weighted by Gasteiger charge is 2.31. The topological polar surface area (TPSA) is 59.1 Å². The first-order valence-electron chi connectivity index (χ1n) is 8.45. The predicted octanol–water partition coefficient (Wildman–Crippen LogP) is 5.06. The molecule has 1 aromatic heterocycles. The molecule has 0 amide bonds. The van der Waals surface area contributed by atoms with Crippen LogP contribution in [0.2, 0.25) is 0 Å². The maximum atomic E-state index is 13.4. The molecule has 2 aromatic carbocycles. The van der Waals surface area contributed by atoms with Crippen molar-refractivity contribution in [1.82, 2.24) is 9.71 Å². The number of thioether (sulfide) groups is 1. The molecule has 0 saturated heterocycles. The maximum absolute atomic E-state index is 13.4. The number of nitrogens with one attached hydrogen (secondary N) is 1. The molecule has 0 saturated carbocycles. The van der Waals surface area contributed by atoms with Gasteiger partial charge in [-0.2, -0.15) is 13.2 Å². The summed E-state index contributed by atoms with van der Waals surface area (Å²) in [6, 6.07) is 9.66. The molecule has 0 unspecified atom stereocenters. The summed E-state index contributed by atoms with van der Waals surface area (Å²) in [5.74, 6) is -0.730. The Bertz CT molecular complexity index is 1060. The van der Waals surface area contributed by atoms with Gasteiger partial charge in [-0.25, -0.2) is 22.5 Å². The Morgan fingerprint density at radius 3 is 2.62 bits per heavy atom. The van der Waals surface area contributed by atoms with Crippen molar-refractivity contribution in [2.75, 3.05) is 11.5 Å². The lowest BCUT2D eigenvalue weighted by Gasteiger charge is -2.10. The Morgan fingerprint density at radius 1 is 1.14 bits per heavy atom. The van der Waals surface area contributed by atoms with Crippen LogP contribution in [0.4, 0.5) is 17.6 Å². The lowest BCUT2D eigenvalue weighted by Crippen LogP contribution is -2.26. The fourth-order valence-corrected chi connectivity index (χ4v) is 5.82. The van der Waals surface area contributed by atoms with Gasteiger partial charge in [0.1, 0.15) is 5.82 Å². The van der Waals surface area contributed by atoms with E-state index in [0.717, 1.165) is 26.7 Å². The molecule has 0 fully saturated rings. The van der Waals surface area contributed by atoms with Crippen LogP contribution in [0.5, 0.6) is 0 Å². The average Bonchev–Trinajstić information content (AvgIpc) is 3.05. The second-order valence-electron chi connectivity index (χ2n) is 6.14. The first-order chi connectivity index (χ1) is 13.6. The number of hydrogen-bond acceptors (Lipinski definition) is 5. The quantitative estimate of drug-likeness (QED) is 0.288. The van der Waals surface area contributed by atoms with E-state index in [1.54, 1.807) is 0 Å². The Balaban J connectivity index is 1.49. The zero-order valence-corrected chi connectivity index (χ0v) is 17.3. The molecular weight excluding hydrogens is 448 g/mol. The van der Waals surface area contributed by atoms with Gasteiger partial charge in [-0.1, -0.05) is 23.9 Å². The van der Waals surface area contributed by atoms with E-state index < -0.39 is 34.1 Å². The molecule has 0 radical (unpaired) electrons. The number of fused-ring (bicyclic) bond motifs is 1. The number of benzene rings is 2. The number of aromatic nitrogens is 1. The number of thiazole rings is 1. The highest BCUT2D eigenvalue weighted by atomic mass is 32.2. The molecule has 156 valence electrons. The second kappa shape index (κ2) is 8.99. The summed E-state index contributed by atoms with van der Waals surface area (Å²) in [6.45, 7) is -0.409. The predicted molar refractivity (Wildman–Crippen MR) is 107 cm³/mol. The maximum Gasteiger partial charge on any atom is 0.416 e. The summed E-state index contributed by atoms with van der Waals surface area (Å²) in [6.07, 6.45) is -4.36. The van der Waals surface area contributed by atoms with E-state index in [1.165, 1.54) is 23.1 Å². The van der Waals surface area contributed by atoms with Crippen LogP contribution < -0.4 is 4.72 Å². The van der Waals surface area contributed by atoms with Crippen LogP contribution >= 0.6 is 23.1 Å². The summed E-state index contributed by atoms with van der Waals surface area (Å²) < 4.78 is 79.8. The highest BCUT2D eigenvalue weighted by Crippen LogP contribution is 2.31. The molecule has 29 heavy (non-hydrogen) atoms. The molecule has 3 aromatic rings. The molecule has 1 heterocycles. The number of sulfonamides is 1. The van der Waals surface area contributed by atoms with Gasteiger partial charge in [0, 0.05) is 12.3 Å². The standard InChI is InChI=1S/C18H16F4N2O2S3/c19-14-9-12(8-13(10-14)18(20,21)22)11-23-29(25,26)7-3-6-27-17-24-15-4-1-2-5-16(15)28-17/h1-2,4-5,8-10,23H,3,6-7,11H2. The van der Waals surface area contributed by atoms with Gasteiger partial charge in [0.25, 0.3) is 0 Å². The number of halogens is 4. The normalized spacial score (nSPS) is 12.6. The van der Waals surface area contributed by atoms with Crippen molar-refractivity contribution in [3.63, 3.8) is 0 Å². The lowest BCUT2D eigenvalue weighted by atomic mass is 10.1. The smallest absolute Gasteiger partial charge is 0.230 e. The van der Waals surface area contributed by atoms with Crippen LogP contribution in [-0.4, -0.2) is 24.9 Å². The number of rotatable bonds is 8. The van der Waals surface area contributed by atoms with Crippen LogP contribution in [0.3, 0.4) is 0 Å². The first kappa shape index (κ1) is 22.0. The summed E-state index contributed by atoms with van der Waals surface area (Å²) in [5.41, 5.74) is -0.355. The fourth-order valence-electron chi connectivity index (χ4n) is 2.50. The summed E-state index contributed by atoms with van der Waals surface area (Å²) in [4.78, 5) is 4.45. The van der Waals surface area contributed by atoms with E-state index in [4.69, 9.17) is 0 Å². The minimum absolute atomic E-state index is 0.0928. The Kier molecular flexibility index (Phi) is 6.82. The van der Waals surface area contributed by atoms with E-state index in [1.807, 2.05) is 24.3 Å². The van der Waals surface area contributed by atoms with E-state index >= 15 is 0 Å². The van der Waals surface area contributed by atoms with Crippen LogP contribution in [-0.2, 0) is 22.7 Å². The molecule has 0 atom stereocenters. The molecule has 0 bridgehead atoms. The molecule has 1 N–H and O–H groups in total. The first-order valence-corrected chi connectivity index (χ1v) is 11.9. The van der Waals surface area contributed by atoms with Crippen molar-refractivity contribution in [2.45, 2.75) is 23.5 Å². The lowest BCUT2D eigenvalue weighted by molar-refractivity contribution is -0.137. The van der Waals surface area contributed by atoms with Crippen molar-refractivity contribution in [1.29, 1.82) is 0 Å². The van der Waals surface area contributed by atoms with Gasteiger partial charge in [0.15, 0.2) is 4.34 Å². The Hall–Kier alpha value is -1.69. The number of alkyl halides is 3. The Morgan fingerprint density at radius 2 is 1.90 bits per heavy atom. The van der Waals surface area contributed by atoms with Crippen molar-refractivity contribution < 1.29 is 26.0 Å². The molecular formula is C18H16F4N2O2S3. The summed E-state index contributed by atoms with van der Waals surface area (Å²) >= 11 is 2.98. The van der Waals surface area contributed by atoms with E-state index in [-0.39, 0.29) is 11.3 Å². The average molecular weight is 465 g/mol. The summed E-state index contributed by atoms with van der Waals surface area (Å²) in [7, 11) is -3.70. The third kappa shape index (κ3) is 6.39. The van der Waals surface area contributed by atoms with Crippen LogP contribution in [0, 0.1) is 5.82 Å². The van der Waals surface area contributed by atoms with Crippen molar-refractivity contribution >= 4 is 43.3 Å². The van der Waals surface area contributed by atoms with Gasteiger partial charge >= 0.3 is 6.18 Å². The van der Waals surface area contributed by atoms with Crippen LogP contribution in [0.25, 0.3) is 10.2 Å². The highest BCUT2D eigenvalue weighted by molar-refractivity contribution is 8.01. The molecule has 0 aliphatic carbocycles.